The molecule has 0 aromatic carbocycles. The third kappa shape index (κ3) is 6.01. The molecular formula is C8H14N2O4. The largest absolute Gasteiger partial charge is 0.479 e. The van der Waals surface area contributed by atoms with Crippen LogP contribution in [0.4, 0.5) is 4.79 Å². The Bertz CT molecular complexity index is 239. The number of aliphatic carboxylic acids is 1. The molecule has 4 N–H and O–H groups in total. The molecule has 14 heavy (non-hydrogen) atoms. The molecule has 0 aromatic rings. The molecule has 0 saturated heterocycles. The first-order chi connectivity index (χ1) is 6.43. The maximum absolute atomic E-state index is 10.9. The van der Waals surface area contributed by atoms with Crippen LogP contribution < -0.4 is 10.6 Å². The monoisotopic (exact) mass is 202 g/mol. The van der Waals surface area contributed by atoms with Crippen LogP contribution in [0.25, 0.3) is 0 Å². The third-order valence-corrected chi connectivity index (χ3v) is 1.29. The maximum atomic E-state index is 10.9. The molecule has 0 saturated carbocycles. The summed E-state index contributed by atoms with van der Waals surface area (Å²) in [7, 11) is 0. The molecule has 0 fully saturated rings. The van der Waals surface area contributed by atoms with Gasteiger partial charge in [0.1, 0.15) is 0 Å². The van der Waals surface area contributed by atoms with Gasteiger partial charge in [0.2, 0.25) is 0 Å². The summed E-state index contributed by atoms with van der Waals surface area (Å²) in [6.07, 6.45) is -1.58. The average molecular weight is 202 g/mol. The lowest BCUT2D eigenvalue weighted by molar-refractivity contribution is -0.146. The number of amides is 2. The molecule has 0 bridgehead atoms. The molecule has 0 aliphatic heterocycles. The molecule has 0 aromatic heterocycles. The zero-order valence-corrected chi connectivity index (χ0v) is 7.91. The van der Waals surface area contributed by atoms with Crippen LogP contribution in [0.2, 0.25) is 0 Å². The number of rotatable bonds is 5. The van der Waals surface area contributed by atoms with Gasteiger partial charge in [-0.2, -0.15) is 0 Å². The molecule has 6 heteroatoms. The summed E-state index contributed by atoms with van der Waals surface area (Å²) in [4.78, 5) is 21.0. The SMILES string of the molecule is C=C(C)CNC(=O)NCC(O)C(=O)O. The highest BCUT2D eigenvalue weighted by Crippen LogP contribution is 1.82. The van der Waals surface area contributed by atoms with Crippen LogP contribution in [0, 0.1) is 0 Å². The molecule has 0 radical (unpaired) electrons. The fraction of sp³-hybridized carbons (Fsp3) is 0.500. The average Bonchev–Trinajstić information content (AvgIpc) is 2.10. The van der Waals surface area contributed by atoms with Crippen molar-refractivity contribution in [3.63, 3.8) is 0 Å². The number of nitrogens with one attached hydrogen (secondary N) is 2. The van der Waals surface area contributed by atoms with Crippen molar-refractivity contribution >= 4 is 12.0 Å². The van der Waals surface area contributed by atoms with Gasteiger partial charge in [-0.05, 0) is 6.92 Å². The molecule has 0 spiro atoms. The minimum Gasteiger partial charge on any atom is -0.479 e. The van der Waals surface area contributed by atoms with Gasteiger partial charge in [0.25, 0.3) is 0 Å². The van der Waals surface area contributed by atoms with Gasteiger partial charge in [0.15, 0.2) is 6.10 Å². The van der Waals surface area contributed by atoms with Crippen molar-refractivity contribution in [1.29, 1.82) is 0 Å². The summed E-state index contributed by atoms with van der Waals surface area (Å²) in [6.45, 7) is 5.30. The number of carboxylic acid groups (broad SMARTS) is 1. The molecule has 0 rings (SSSR count). The highest BCUT2D eigenvalue weighted by molar-refractivity contribution is 5.76. The van der Waals surface area contributed by atoms with E-state index in [2.05, 4.69) is 17.2 Å². The van der Waals surface area contributed by atoms with Crippen LogP contribution in [0.5, 0.6) is 0 Å². The van der Waals surface area contributed by atoms with Gasteiger partial charge < -0.3 is 20.8 Å². The van der Waals surface area contributed by atoms with E-state index in [0.717, 1.165) is 5.57 Å². The molecule has 6 nitrogen and oxygen atoms in total. The summed E-state index contributed by atoms with van der Waals surface area (Å²) in [5, 5.41) is 21.7. The number of urea groups is 1. The normalized spacial score (nSPS) is 11.6. The Kier molecular flexibility index (Phi) is 5.31. The zero-order chi connectivity index (χ0) is 11.1. The molecule has 0 aliphatic rings. The highest BCUT2D eigenvalue weighted by atomic mass is 16.4. The minimum absolute atomic E-state index is 0.314. The van der Waals surface area contributed by atoms with Crippen molar-refractivity contribution < 1.29 is 19.8 Å². The first kappa shape index (κ1) is 12.4. The van der Waals surface area contributed by atoms with Crippen molar-refractivity contribution in [3.8, 4) is 0 Å². The first-order valence-electron chi connectivity index (χ1n) is 4.00. The van der Waals surface area contributed by atoms with Crippen molar-refractivity contribution in [2.24, 2.45) is 0 Å². The Hall–Kier alpha value is -1.56. The summed E-state index contributed by atoms with van der Waals surface area (Å²) >= 11 is 0. The summed E-state index contributed by atoms with van der Waals surface area (Å²) in [5.74, 6) is -1.37. The van der Waals surface area contributed by atoms with E-state index in [9.17, 15) is 9.59 Å². The predicted molar refractivity (Wildman–Crippen MR) is 49.9 cm³/mol. The summed E-state index contributed by atoms with van der Waals surface area (Å²) < 4.78 is 0. The lowest BCUT2D eigenvalue weighted by Crippen LogP contribution is -2.42. The van der Waals surface area contributed by atoms with E-state index in [1.54, 1.807) is 6.92 Å². The predicted octanol–water partition coefficient (Wildman–Crippen LogP) is -0.693. The second-order valence-electron chi connectivity index (χ2n) is 2.87. The van der Waals surface area contributed by atoms with Crippen LogP contribution in [0.15, 0.2) is 12.2 Å². The minimum atomic E-state index is -1.58. The summed E-state index contributed by atoms with van der Waals surface area (Å²) in [5.41, 5.74) is 0.777. The van der Waals surface area contributed by atoms with Crippen LogP contribution >= 0.6 is 0 Å². The van der Waals surface area contributed by atoms with Crippen molar-refractivity contribution in [1.82, 2.24) is 10.6 Å². The quantitative estimate of drug-likeness (QED) is 0.443. The number of carbonyl (C=O) groups excluding carboxylic acids is 1. The Morgan fingerprint density at radius 3 is 2.43 bits per heavy atom. The number of hydrogen-bond donors (Lipinski definition) is 4. The lowest BCUT2D eigenvalue weighted by atomic mass is 10.3. The van der Waals surface area contributed by atoms with Gasteiger partial charge in [0.05, 0.1) is 6.54 Å². The molecule has 0 heterocycles. The Balaban J connectivity index is 3.64. The van der Waals surface area contributed by atoms with E-state index in [4.69, 9.17) is 10.2 Å². The zero-order valence-electron chi connectivity index (χ0n) is 7.91. The van der Waals surface area contributed by atoms with Gasteiger partial charge in [0, 0.05) is 6.54 Å². The van der Waals surface area contributed by atoms with E-state index < -0.39 is 18.1 Å². The molecule has 1 atom stereocenters. The maximum Gasteiger partial charge on any atom is 0.334 e. The number of aliphatic hydroxyl groups excluding tert-OH is 1. The van der Waals surface area contributed by atoms with E-state index in [1.807, 2.05) is 0 Å². The third-order valence-electron chi connectivity index (χ3n) is 1.29. The van der Waals surface area contributed by atoms with Gasteiger partial charge in [-0.15, -0.1) is 0 Å². The van der Waals surface area contributed by atoms with E-state index in [-0.39, 0.29) is 6.54 Å². The molecule has 2 amide bonds. The summed E-state index contributed by atoms with van der Waals surface area (Å²) in [6, 6.07) is -0.534. The molecule has 80 valence electrons. The van der Waals surface area contributed by atoms with E-state index >= 15 is 0 Å². The molecular weight excluding hydrogens is 188 g/mol. The number of hydrogen-bond acceptors (Lipinski definition) is 3. The van der Waals surface area contributed by atoms with Crippen LogP contribution in [-0.2, 0) is 4.79 Å². The van der Waals surface area contributed by atoms with Gasteiger partial charge in [-0.1, -0.05) is 12.2 Å². The Labute approximate surface area is 81.6 Å². The van der Waals surface area contributed by atoms with Gasteiger partial charge >= 0.3 is 12.0 Å². The second-order valence-corrected chi connectivity index (χ2v) is 2.87. The number of carbonyl (C=O) groups is 2. The molecule has 1 unspecified atom stereocenters. The van der Waals surface area contributed by atoms with E-state index in [1.165, 1.54) is 0 Å². The van der Waals surface area contributed by atoms with Crippen molar-refractivity contribution in [2.45, 2.75) is 13.0 Å². The number of carboxylic acids is 1. The van der Waals surface area contributed by atoms with Crippen molar-refractivity contribution in [3.05, 3.63) is 12.2 Å². The molecule has 0 aliphatic carbocycles. The van der Waals surface area contributed by atoms with Gasteiger partial charge in [-0.3, -0.25) is 0 Å². The smallest absolute Gasteiger partial charge is 0.334 e. The van der Waals surface area contributed by atoms with Crippen LogP contribution in [-0.4, -0.2) is 41.4 Å². The fourth-order valence-corrected chi connectivity index (χ4v) is 0.570. The topological polar surface area (TPSA) is 98.7 Å². The number of aliphatic hydroxyl groups is 1. The van der Waals surface area contributed by atoms with Crippen LogP contribution in [0.3, 0.4) is 0 Å². The second kappa shape index (κ2) is 5.98. The van der Waals surface area contributed by atoms with Gasteiger partial charge in [-0.25, -0.2) is 9.59 Å². The standard InChI is InChI=1S/C8H14N2O4/c1-5(2)3-9-8(14)10-4-6(11)7(12)13/h6,11H,1,3-4H2,2H3,(H,12,13)(H2,9,10,14). The van der Waals surface area contributed by atoms with Crippen molar-refractivity contribution in [2.75, 3.05) is 13.1 Å². The van der Waals surface area contributed by atoms with E-state index in [0.29, 0.717) is 6.54 Å². The fourth-order valence-electron chi connectivity index (χ4n) is 0.570. The highest BCUT2D eigenvalue weighted by Gasteiger charge is 2.13. The Morgan fingerprint density at radius 1 is 1.43 bits per heavy atom. The Morgan fingerprint density at radius 2 is 2.00 bits per heavy atom. The lowest BCUT2D eigenvalue weighted by Gasteiger charge is -2.08. The van der Waals surface area contributed by atoms with Crippen LogP contribution in [0.1, 0.15) is 6.92 Å². The first-order valence-corrected chi connectivity index (χ1v) is 4.00.